The molecular formula is C21H21N5O3S. The number of carbonyl (C=O) groups excluding carboxylic acids is 2. The van der Waals surface area contributed by atoms with E-state index in [2.05, 4.69) is 20.7 Å². The number of methoxy groups -OCH3 is 1. The van der Waals surface area contributed by atoms with Gasteiger partial charge in [0.2, 0.25) is 22.9 Å². The third kappa shape index (κ3) is 4.30. The van der Waals surface area contributed by atoms with Crippen LogP contribution in [0.25, 0.3) is 0 Å². The fraction of sp³-hybridized carbons (Fsp3) is 0.238. The zero-order chi connectivity index (χ0) is 21.1. The molecule has 3 aromatic rings. The van der Waals surface area contributed by atoms with Crippen molar-refractivity contribution in [3.05, 3.63) is 59.7 Å². The molecule has 0 spiro atoms. The maximum absolute atomic E-state index is 13.0. The second kappa shape index (κ2) is 8.58. The van der Waals surface area contributed by atoms with Gasteiger partial charge in [0.15, 0.2) is 0 Å². The Morgan fingerprint density at radius 1 is 1.30 bits per heavy atom. The molecule has 2 heterocycles. The predicted molar refractivity (Wildman–Crippen MR) is 115 cm³/mol. The Kier molecular flexibility index (Phi) is 5.71. The molecule has 2 N–H and O–H groups in total. The molecule has 0 fully saturated rings. The molecule has 30 heavy (non-hydrogen) atoms. The number of carbonyl (C=O) groups is 2. The van der Waals surface area contributed by atoms with E-state index >= 15 is 0 Å². The molecular weight excluding hydrogens is 402 g/mol. The van der Waals surface area contributed by atoms with Crippen molar-refractivity contribution in [2.24, 2.45) is 0 Å². The van der Waals surface area contributed by atoms with E-state index in [4.69, 9.17) is 4.74 Å². The van der Waals surface area contributed by atoms with Crippen molar-refractivity contribution in [2.45, 2.75) is 30.3 Å². The van der Waals surface area contributed by atoms with Crippen LogP contribution in [0.4, 0.5) is 11.6 Å². The van der Waals surface area contributed by atoms with Gasteiger partial charge in [-0.3, -0.25) is 14.9 Å². The zero-order valence-electron chi connectivity index (χ0n) is 16.6. The highest BCUT2D eigenvalue weighted by Gasteiger charge is 2.33. The summed E-state index contributed by atoms with van der Waals surface area (Å²) in [7, 11) is 1.54. The molecule has 8 nitrogen and oxygen atoms in total. The van der Waals surface area contributed by atoms with Crippen molar-refractivity contribution >= 4 is 35.2 Å². The van der Waals surface area contributed by atoms with E-state index in [9.17, 15) is 9.59 Å². The molecule has 1 aliphatic rings. The highest BCUT2D eigenvalue weighted by Crippen LogP contribution is 2.30. The van der Waals surface area contributed by atoms with Gasteiger partial charge in [0, 0.05) is 5.75 Å². The third-order valence-electron chi connectivity index (χ3n) is 4.66. The summed E-state index contributed by atoms with van der Waals surface area (Å²) < 4.78 is 6.80. The summed E-state index contributed by atoms with van der Waals surface area (Å²) in [5.74, 6) is 0.894. The summed E-state index contributed by atoms with van der Waals surface area (Å²) in [5, 5.41) is 10.5. The number of aryl methyl sites for hydroxylation is 1. The van der Waals surface area contributed by atoms with E-state index in [1.807, 2.05) is 49.4 Å². The number of ether oxygens (including phenoxy) is 1. The number of hydrogen-bond donors (Lipinski definition) is 2. The molecule has 0 saturated heterocycles. The number of nitrogens with one attached hydrogen (secondary N) is 2. The van der Waals surface area contributed by atoms with Gasteiger partial charge in [-0.1, -0.05) is 48.2 Å². The molecule has 0 bridgehead atoms. The smallest absolute Gasteiger partial charge is 0.250 e. The molecule has 1 atom stereocenters. The van der Waals surface area contributed by atoms with Gasteiger partial charge in [-0.2, -0.15) is 4.98 Å². The van der Waals surface area contributed by atoms with Crippen molar-refractivity contribution in [1.29, 1.82) is 0 Å². The van der Waals surface area contributed by atoms with Crippen LogP contribution in [0.3, 0.4) is 0 Å². The van der Waals surface area contributed by atoms with E-state index in [-0.39, 0.29) is 24.2 Å². The minimum Gasteiger partial charge on any atom is -0.495 e. The summed E-state index contributed by atoms with van der Waals surface area (Å²) in [5.41, 5.74) is 2.67. The average molecular weight is 423 g/mol. The number of anilines is 2. The van der Waals surface area contributed by atoms with Gasteiger partial charge in [0.25, 0.3) is 0 Å². The van der Waals surface area contributed by atoms with E-state index in [1.165, 1.54) is 16.4 Å². The molecule has 9 heteroatoms. The highest BCUT2D eigenvalue weighted by atomic mass is 32.2. The molecule has 0 radical (unpaired) electrons. The van der Waals surface area contributed by atoms with E-state index in [1.54, 1.807) is 13.2 Å². The van der Waals surface area contributed by atoms with Crippen LogP contribution in [0.1, 0.15) is 23.6 Å². The number of hydrogen-bond acceptors (Lipinski definition) is 6. The number of benzene rings is 2. The van der Waals surface area contributed by atoms with Crippen LogP contribution in [-0.2, 0) is 15.3 Å². The van der Waals surface area contributed by atoms with Crippen LogP contribution >= 0.6 is 11.8 Å². The summed E-state index contributed by atoms with van der Waals surface area (Å²) in [6.45, 7) is 1.93. The van der Waals surface area contributed by atoms with Crippen LogP contribution in [0.5, 0.6) is 5.75 Å². The van der Waals surface area contributed by atoms with Crippen molar-refractivity contribution in [3.63, 3.8) is 0 Å². The summed E-state index contributed by atoms with van der Waals surface area (Å²) in [6, 6.07) is 14.7. The minimum absolute atomic E-state index is 0.0148. The Bertz CT molecular complexity index is 1080. The van der Waals surface area contributed by atoms with Gasteiger partial charge in [0.05, 0.1) is 19.2 Å². The second-order valence-corrected chi connectivity index (χ2v) is 7.84. The third-order valence-corrected chi connectivity index (χ3v) is 5.57. The van der Waals surface area contributed by atoms with E-state index < -0.39 is 6.04 Å². The molecule has 2 aromatic carbocycles. The van der Waals surface area contributed by atoms with Crippen molar-refractivity contribution in [2.75, 3.05) is 17.7 Å². The van der Waals surface area contributed by atoms with Crippen LogP contribution in [0.15, 0.2) is 53.7 Å². The number of fused-ring (bicyclic) bond motifs is 1. The van der Waals surface area contributed by atoms with Crippen molar-refractivity contribution in [1.82, 2.24) is 14.8 Å². The quantitative estimate of drug-likeness (QED) is 0.590. The molecule has 0 aliphatic carbocycles. The van der Waals surface area contributed by atoms with Crippen LogP contribution in [0, 0.1) is 6.92 Å². The molecule has 154 valence electrons. The molecule has 0 unspecified atom stereocenters. The maximum Gasteiger partial charge on any atom is 0.250 e. The van der Waals surface area contributed by atoms with Gasteiger partial charge in [0.1, 0.15) is 11.8 Å². The fourth-order valence-electron chi connectivity index (χ4n) is 3.17. The van der Waals surface area contributed by atoms with Crippen LogP contribution in [-0.4, -0.2) is 33.7 Å². The van der Waals surface area contributed by atoms with Gasteiger partial charge in [-0.25, -0.2) is 4.68 Å². The van der Waals surface area contributed by atoms with Crippen LogP contribution in [0.2, 0.25) is 0 Å². The standard InChI is InChI=1S/C21H21N5O3S/c1-13-8-9-17(29-2)15(10-13)22-19(28)16-11-18(27)23-20-24-21(25-26(16)20)30-12-14-6-4-3-5-7-14/h3-10,16H,11-12H2,1-2H3,(H,22,28)(H,23,24,25,27)/t16-/m1/s1. The number of amides is 2. The number of nitrogens with zero attached hydrogens (tertiary/aromatic N) is 3. The molecule has 1 aromatic heterocycles. The van der Waals surface area contributed by atoms with Gasteiger partial charge >= 0.3 is 0 Å². The van der Waals surface area contributed by atoms with E-state index in [0.717, 1.165) is 11.1 Å². The largest absolute Gasteiger partial charge is 0.495 e. The van der Waals surface area contributed by atoms with E-state index in [0.29, 0.717) is 22.3 Å². The first kappa shape index (κ1) is 20.0. The average Bonchev–Trinajstić information content (AvgIpc) is 3.15. The normalized spacial score (nSPS) is 15.3. The summed E-state index contributed by atoms with van der Waals surface area (Å²) in [6.07, 6.45) is -0.0148. The lowest BCUT2D eigenvalue weighted by molar-refractivity contribution is -0.125. The van der Waals surface area contributed by atoms with Crippen LogP contribution < -0.4 is 15.4 Å². The molecule has 2 amide bonds. The summed E-state index contributed by atoms with van der Waals surface area (Å²) in [4.78, 5) is 29.5. The lowest BCUT2D eigenvalue weighted by Crippen LogP contribution is -2.36. The second-order valence-electron chi connectivity index (χ2n) is 6.90. The Balaban J connectivity index is 1.54. The lowest BCUT2D eigenvalue weighted by Gasteiger charge is -2.23. The number of thioether (sulfide) groups is 1. The first-order valence-electron chi connectivity index (χ1n) is 9.42. The Morgan fingerprint density at radius 3 is 2.87 bits per heavy atom. The van der Waals surface area contributed by atoms with Crippen molar-refractivity contribution in [3.8, 4) is 5.75 Å². The first-order chi connectivity index (χ1) is 14.5. The maximum atomic E-state index is 13.0. The van der Waals surface area contributed by atoms with Crippen molar-refractivity contribution < 1.29 is 14.3 Å². The molecule has 0 saturated carbocycles. The topological polar surface area (TPSA) is 98.1 Å². The highest BCUT2D eigenvalue weighted by molar-refractivity contribution is 7.98. The summed E-state index contributed by atoms with van der Waals surface area (Å²) >= 11 is 1.45. The fourth-order valence-corrected chi connectivity index (χ4v) is 3.95. The first-order valence-corrected chi connectivity index (χ1v) is 10.4. The number of rotatable bonds is 6. The lowest BCUT2D eigenvalue weighted by atomic mass is 10.1. The Hall–Kier alpha value is -3.33. The SMILES string of the molecule is COc1ccc(C)cc1NC(=O)[C@H]1CC(=O)Nc2nc(SCc3ccccc3)nn21. The van der Waals surface area contributed by atoms with Gasteiger partial charge < -0.3 is 10.1 Å². The molecule has 4 rings (SSSR count). The van der Waals surface area contributed by atoms with Gasteiger partial charge in [-0.15, -0.1) is 5.10 Å². The Labute approximate surface area is 178 Å². The minimum atomic E-state index is -0.794. The predicted octanol–water partition coefficient (Wildman–Crippen LogP) is 3.41. The van der Waals surface area contributed by atoms with Gasteiger partial charge in [-0.05, 0) is 30.2 Å². The number of aromatic nitrogens is 3. The zero-order valence-corrected chi connectivity index (χ0v) is 17.4. The molecule has 1 aliphatic heterocycles. The Morgan fingerprint density at radius 2 is 2.10 bits per heavy atom. The monoisotopic (exact) mass is 423 g/mol.